The second kappa shape index (κ2) is 7.88. The zero-order valence-electron chi connectivity index (χ0n) is 16.3. The molecule has 0 aliphatic carbocycles. The van der Waals surface area contributed by atoms with E-state index in [0.717, 1.165) is 6.42 Å². The number of carbonyl (C=O) groups is 2. The highest BCUT2D eigenvalue weighted by atomic mass is 16.6. The molecule has 28 heavy (non-hydrogen) atoms. The number of likely N-dealkylation sites (tertiary alicyclic amines) is 1. The van der Waals surface area contributed by atoms with Gasteiger partial charge in [-0.3, -0.25) is 19.1 Å². The van der Waals surface area contributed by atoms with Crippen LogP contribution in [-0.2, 0) is 9.53 Å². The Morgan fingerprint density at radius 3 is 2.46 bits per heavy atom. The van der Waals surface area contributed by atoms with Crippen molar-refractivity contribution in [1.82, 2.24) is 9.47 Å². The summed E-state index contributed by atoms with van der Waals surface area (Å²) < 4.78 is 6.92. The summed E-state index contributed by atoms with van der Waals surface area (Å²) in [5, 5.41) is 2.85. The molecule has 1 unspecified atom stereocenters. The number of anilines is 1. The Morgan fingerprint density at radius 1 is 1.11 bits per heavy atom. The quantitative estimate of drug-likeness (QED) is 0.883. The molecule has 2 heterocycles. The topological polar surface area (TPSA) is 80.6 Å². The molecule has 1 aromatic heterocycles. The van der Waals surface area contributed by atoms with Gasteiger partial charge in [0.25, 0.3) is 5.56 Å². The summed E-state index contributed by atoms with van der Waals surface area (Å²) in [7, 11) is 0. The number of ether oxygens (including phenoxy) is 1. The van der Waals surface area contributed by atoms with Crippen molar-refractivity contribution in [2.24, 2.45) is 0 Å². The van der Waals surface area contributed by atoms with E-state index in [-0.39, 0.29) is 11.5 Å². The van der Waals surface area contributed by atoms with Crippen LogP contribution in [0.5, 0.6) is 0 Å². The van der Waals surface area contributed by atoms with Gasteiger partial charge in [-0.2, -0.15) is 0 Å². The Hall–Kier alpha value is -3.09. The number of hydrogen-bond donors (Lipinski definition) is 1. The van der Waals surface area contributed by atoms with Gasteiger partial charge in [-0.15, -0.1) is 0 Å². The monoisotopic (exact) mass is 383 g/mol. The maximum Gasteiger partial charge on any atom is 0.410 e. The highest BCUT2D eigenvalue weighted by molar-refractivity contribution is 5.96. The first-order valence-electron chi connectivity index (χ1n) is 9.33. The summed E-state index contributed by atoms with van der Waals surface area (Å²) in [4.78, 5) is 38.4. The molecule has 1 saturated heterocycles. The maximum atomic E-state index is 12.7. The predicted molar refractivity (Wildman–Crippen MR) is 107 cm³/mol. The van der Waals surface area contributed by atoms with Crippen LogP contribution in [0.15, 0.2) is 53.5 Å². The molecule has 0 radical (unpaired) electrons. The van der Waals surface area contributed by atoms with E-state index in [0.29, 0.717) is 24.3 Å². The minimum absolute atomic E-state index is 0.127. The second-order valence-corrected chi connectivity index (χ2v) is 7.78. The van der Waals surface area contributed by atoms with Crippen LogP contribution in [0.2, 0.25) is 0 Å². The lowest BCUT2D eigenvalue weighted by Gasteiger charge is -2.28. The van der Waals surface area contributed by atoms with Crippen LogP contribution in [0.25, 0.3) is 5.69 Å². The first kappa shape index (κ1) is 19.7. The minimum Gasteiger partial charge on any atom is -0.444 e. The van der Waals surface area contributed by atoms with Crippen LogP contribution < -0.4 is 10.9 Å². The summed E-state index contributed by atoms with van der Waals surface area (Å²) in [6.45, 7) is 5.91. The molecule has 2 aromatic rings. The molecule has 1 fully saturated rings. The van der Waals surface area contributed by atoms with Crippen molar-refractivity contribution in [1.29, 1.82) is 0 Å². The van der Waals surface area contributed by atoms with E-state index in [1.54, 1.807) is 63.4 Å². The molecular formula is C21H25N3O4. The molecular weight excluding hydrogens is 358 g/mol. The number of aromatic nitrogens is 1. The van der Waals surface area contributed by atoms with E-state index in [1.165, 1.54) is 15.5 Å². The van der Waals surface area contributed by atoms with Crippen LogP contribution in [0.4, 0.5) is 10.5 Å². The van der Waals surface area contributed by atoms with Gasteiger partial charge in [0.2, 0.25) is 5.91 Å². The van der Waals surface area contributed by atoms with Gasteiger partial charge >= 0.3 is 6.09 Å². The molecule has 7 nitrogen and oxygen atoms in total. The normalized spacial score (nSPS) is 16.7. The molecule has 1 aliphatic rings. The van der Waals surface area contributed by atoms with E-state index in [4.69, 9.17) is 4.74 Å². The number of nitrogens with one attached hydrogen (secondary N) is 1. The zero-order valence-corrected chi connectivity index (χ0v) is 16.3. The summed E-state index contributed by atoms with van der Waals surface area (Å²) in [6, 6.07) is 11.4. The summed E-state index contributed by atoms with van der Waals surface area (Å²) >= 11 is 0. The molecule has 0 saturated carbocycles. The van der Waals surface area contributed by atoms with Crippen molar-refractivity contribution < 1.29 is 14.3 Å². The SMILES string of the molecule is CC(C)(C)OC(=O)N1CCCC1C(=O)Nc1ccc(-n2ccccc2=O)cc1. The lowest BCUT2D eigenvalue weighted by atomic mass is 10.2. The van der Waals surface area contributed by atoms with Crippen molar-refractivity contribution in [3.05, 3.63) is 59.0 Å². The third-order valence-corrected chi connectivity index (χ3v) is 4.42. The molecule has 7 heteroatoms. The Kier molecular flexibility index (Phi) is 5.53. The first-order valence-corrected chi connectivity index (χ1v) is 9.33. The average molecular weight is 383 g/mol. The van der Waals surface area contributed by atoms with Gasteiger partial charge in [0.1, 0.15) is 11.6 Å². The molecule has 1 aliphatic heterocycles. The molecule has 3 rings (SSSR count). The zero-order chi connectivity index (χ0) is 20.3. The summed E-state index contributed by atoms with van der Waals surface area (Å²) in [5.74, 6) is -0.243. The number of amides is 2. The second-order valence-electron chi connectivity index (χ2n) is 7.78. The highest BCUT2D eigenvalue weighted by Crippen LogP contribution is 2.22. The van der Waals surface area contributed by atoms with Crippen molar-refractivity contribution in [2.45, 2.75) is 45.3 Å². The lowest BCUT2D eigenvalue weighted by molar-refractivity contribution is -0.120. The van der Waals surface area contributed by atoms with Gasteiger partial charge in [-0.1, -0.05) is 6.07 Å². The van der Waals surface area contributed by atoms with Gasteiger partial charge in [0, 0.05) is 30.2 Å². The maximum absolute atomic E-state index is 12.7. The first-order chi connectivity index (χ1) is 13.2. The van der Waals surface area contributed by atoms with E-state index >= 15 is 0 Å². The molecule has 1 atom stereocenters. The van der Waals surface area contributed by atoms with Crippen LogP contribution in [-0.4, -0.2) is 39.7 Å². The van der Waals surface area contributed by atoms with E-state index in [1.807, 2.05) is 0 Å². The summed E-state index contributed by atoms with van der Waals surface area (Å²) in [5.41, 5.74) is 0.582. The molecule has 1 aromatic carbocycles. The number of hydrogen-bond acceptors (Lipinski definition) is 4. The fourth-order valence-corrected chi connectivity index (χ4v) is 3.15. The fourth-order valence-electron chi connectivity index (χ4n) is 3.15. The number of benzene rings is 1. The van der Waals surface area contributed by atoms with E-state index in [2.05, 4.69) is 5.32 Å². The molecule has 0 bridgehead atoms. The van der Waals surface area contributed by atoms with Crippen molar-refractivity contribution in [3.63, 3.8) is 0 Å². The largest absolute Gasteiger partial charge is 0.444 e. The summed E-state index contributed by atoms with van der Waals surface area (Å²) in [6.07, 6.45) is 2.58. The average Bonchev–Trinajstić information content (AvgIpc) is 3.12. The standard InChI is InChI=1S/C21H25N3O4/c1-21(2,3)28-20(27)24-14-6-7-17(24)19(26)22-15-9-11-16(12-10-15)23-13-5-4-8-18(23)25/h4-5,8-13,17H,6-7,14H2,1-3H3,(H,22,26). The van der Waals surface area contributed by atoms with Gasteiger partial charge in [0.15, 0.2) is 0 Å². The predicted octanol–water partition coefficient (Wildman–Crippen LogP) is 3.18. The van der Waals surface area contributed by atoms with E-state index < -0.39 is 17.7 Å². The van der Waals surface area contributed by atoms with Gasteiger partial charge in [0.05, 0.1) is 0 Å². The van der Waals surface area contributed by atoms with Crippen molar-refractivity contribution >= 4 is 17.7 Å². The Morgan fingerprint density at radius 2 is 1.82 bits per heavy atom. The molecule has 148 valence electrons. The van der Waals surface area contributed by atoms with Gasteiger partial charge in [-0.05, 0) is 63.9 Å². The van der Waals surface area contributed by atoms with Crippen molar-refractivity contribution in [3.8, 4) is 5.69 Å². The Balaban J connectivity index is 1.68. The molecule has 2 amide bonds. The van der Waals surface area contributed by atoms with Crippen LogP contribution in [0, 0.1) is 0 Å². The highest BCUT2D eigenvalue weighted by Gasteiger charge is 2.36. The molecule has 0 spiro atoms. The Bertz CT molecular complexity index is 912. The van der Waals surface area contributed by atoms with Crippen LogP contribution >= 0.6 is 0 Å². The number of carbonyl (C=O) groups excluding carboxylic acids is 2. The van der Waals surface area contributed by atoms with Gasteiger partial charge in [-0.25, -0.2) is 4.79 Å². The number of pyridine rings is 1. The Labute approximate surface area is 163 Å². The third kappa shape index (κ3) is 4.60. The van der Waals surface area contributed by atoms with Crippen molar-refractivity contribution in [2.75, 3.05) is 11.9 Å². The number of rotatable bonds is 3. The molecule has 1 N–H and O–H groups in total. The van der Waals surface area contributed by atoms with E-state index in [9.17, 15) is 14.4 Å². The minimum atomic E-state index is -0.605. The lowest BCUT2D eigenvalue weighted by Crippen LogP contribution is -2.45. The van der Waals surface area contributed by atoms with Crippen LogP contribution in [0.3, 0.4) is 0 Å². The smallest absolute Gasteiger partial charge is 0.410 e. The van der Waals surface area contributed by atoms with Crippen LogP contribution in [0.1, 0.15) is 33.6 Å². The fraction of sp³-hybridized carbons (Fsp3) is 0.381. The number of nitrogens with zero attached hydrogens (tertiary/aromatic N) is 2. The van der Waals surface area contributed by atoms with Gasteiger partial charge < -0.3 is 10.1 Å². The third-order valence-electron chi connectivity index (χ3n) is 4.42.